The lowest BCUT2D eigenvalue weighted by Gasteiger charge is -2.22. The molecule has 1 aliphatic rings. The summed E-state index contributed by atoms with van der Waals surface area (Å²) in [5, 5.41) is 14.4. The molecule has 0 aliphatic carbocycles. The zero-order valence-electron chi connectivity index (χ0n) is 15.4. The molecule has 0 saturated carbocycles. The Kier molecular flexibility index (Phi) is 4.26. The maximum absolute atomic E-state index is 13.1. The van der Waals surface area contributed by atoms with Gasteiger partial charge in [0.25, 0.3) is 5.91 Å². The highest BCUT2D eigenvalue weighted by molar-refractivity contribution is 6.07. The fourth-order valence-corrected chi connectivity index (χ4v) is 3.18. The number of carbonyl (C=O) groups is 2. The van der Waals surface area contributed by atoms with Gasteiger partial charge < -0.3 is 10.1 Å². The Balaban J connectivity index is 1.61. The van der Waals surface area contributed by atoms with E-state index in [9.17, 15) is 9.59 Å². The molecule has 9 heteroatoms. The average Bonchev–Trinajstić information content (AvgIpc) is 3.28. The second kappa shape index (κ2) is 6.76. The van der Waals surface area contributed by atoms with E-state index in [1.54, 1.807) is 38.3 Å². The fourth-order valence-electron chi connectivity index (χ4n) is 3.18. The summed E-state index contributed by atoms with van der Waals surface area (Å²) in [7, 11) is 1.57. The van der Waals surface area contributed by atoms with Gasteiger partial charge in [0.05, 0.1) is 19.3 Å². The second-order valence-corrected chi connectivity index (χ2v) is 6.52. The van der Waals surface area contributed by atoms with Crippen LogP contribution in [0, 0.1) is 0 Å². The minimum absolute atomic E-state index is 0.0433. The maximum Gasteiger partial charge on any atom is 0.325 e. The highest BCUT2D eigenvalue weighted by Gasteiger charge is 2.49. The Morgan fingerprint density at radius 3 is 2.46 bits per heavy atom. The average molecular weight is 378 g/mol. The van der Waals surface area contributed by atoms with Gasteiger partial charge in [-0.3, -0.25) is 9.69 Å². The zero-order valence-corrected chi connectivity index (χ0v) is 15.4. The molecule has 2 aromatic carbocycles. The fraction of sp³-hybridized carbons (Fsp3) is 0.211. The number of aromatic nitrogens is 4. The van der Waals surface area contributed by atoms with Crippen molar-refractivity contribution in [3.05, 3.63) is 66.0 Å². The van der Waals surface area contributed by atoms with Crippen molar-refractivity contribution in [3.63, 3.8) is 0 Å². The van der Waals surface area contributed by atoms with Gasteiger partial charge in [-0.2, -0.15) is 4.68 Å². The molecule has 1 unspecified atom stereocenters. The Morgan fingerprint density at radius 1 is 1.07 bits per heavy atom. The third-order valence-corrected chi connectivity index (χ3v) is 4.78. The number of imide groups is 1. The molecule has 0 bridgehead atoms. The Hall–Kier alpha value is -3.75. The van der Waals surface area contributed by atoms with Crippen LogP contribution in [0.4, 0.5) is 4.79 Å². The number of amides is 3. The first-order valence-electron chi connectivity index (χ1n) is 8.64. The largest absolute Gasteiger partial charge is 0.497 e. The van der Waals surface area contributed by atoms with Crippen molar-refractivity contribution in [2.75, 3.05) is 7.11 Å². The summed E-state index contributed by atoms with van der Waals surface area (Å²) >= 11 is 0. The maximum atomic E-state index is 13.1. The molecule has 1 aliphatic heterocycles. The van der Waals surface area contributed by atoms with E-state index in [0.717, 1.165) is 10.6 Å². The number of tetrazole rings is 1. The van der Waals surface area contributed by atoms with Crippen molar-refractivity contribution in [2.45, 2.75) is 19.0 Å². The zero-order chi connectivity index (χ0) is 19.7. The lowest BCUT2D eigenvalue weighted by molar-refractivity contribution is -0.131. The SMILES string of the molecule is COc1ccc(C2(C)NC(=O)N(Cc3nnnn3-c3ccccc3)C2=O)cc1. The van der Waals surface area contributed by atoms with Crippen molar-refractivity contribution < 1.29 is 14.3 Å². The van der Waals surface area contributed by atoms with Crippen LogP contribution in [0.15, 0.2) is 54.6 Å². The molecule has 9 nitrogen and oxygen atoms in total. The number of urea groups is 1. The van der Waals surface area contributed by atoms with Crippen LogP contribution in [-0.4, -0.2) is 44.2 Å². The van der Waals surface area contributed by atoms with E-state index in [4.69, 9.17) is 4.74 Å². The molecule has 2 heterocycles. The Morgan fingerprint density at radius 2 is 1.79 bits per heavy atom. The molecule has 3 aromatic rings. The summed E-state index contributed by atoms with van der Waals surface area (Å²) in [5.74, 6) is 0.682. The molecule has 1 N–H and O–H groups in total. The van der Waals surface area contributed by atoms with Gasteiger partial charge in [-0.05, 0) is 47.2 Å². The van der Waals surface area contributed by atoms with Crippen molar-refractivity contribution >= 4 is 11.9 Å². The molecule has 3 amide bonds. The lowest BCUT2D eigenvalue weighted by Crippen LogP contribution is -2.40. The number of hydrogen-bond donors (Lipinski definition) is 1. The summed E-state index contributed by atoms with van der Waals surface area (Å²) in [4.78, 5) is 26.8. The van der Waals surface area contributed by atoms with Gasteiger partial charge in [0, 0.05) is 0 Å². The molecule has 1 saturated heterocycles. The molecule has 28 heavy (non-hydrogen) atoms. The predicted molar refractivity (Wildman–Crippen MR) is 98.6 cm³/mol. The number of rotatable bonds is 5. The molecule has 1 atom stereocenters. The number of methoxy groups -OCH3 is 1. The standard InChI is InChI=1S/C19H18N6O3/c1-19(13-8-10-15(28-2)11-9-13)17(26)24(18(27)20-19)12-16-21-22-23-25(16)14-6-4-3-5-7-14/h3-11H,12H2,1-2H3,(H,20,27). The van der Waals surface area contributed by atoms with Crippen LogP contribution in [0.25, 0.3) is 5.69 Å². The molecule has 0 radical (unpaired) electrons. The quantitative estimate of drug-likeness (QED) is 0.677. The molecule has 142 valence electrons. The van der Waals surface area contributed by atoms with Crippen molar-refractivity contribution in [3.8, 4) is 11.4 Å². The summed E-state index contributed by atoms with van der Waals surface area (Å²) in [6, 6.07) is 15.8. The van der Waals surface area contributed by atoms with Crippen molar-refractivity contribution in [1.82, 2.24) is 30.4 Å². The topological polar surface area (TPSA) is 102 Å². The van der Waals surface area contributed by atoms with Crippen LogP contribution in [0.1, 0.15) is 18.3 Å². The summed E-state index contributed by atoms with van der Waals surface area (Å²) in [5.41, 5.74) is 0.234. The second-order valence-electron chi connectivity index (χ2n) is 6.52. The summed E-state index contributed by atoms with van der Waals surface area (Å²) < 4.78 is 6.66. The van der Waals surface area contributed by atoms with Gasteiger partial charge in [0.2, 0.25) is 0 Å². The minimum Gasteiger partial charge on any atom is -0.497 e. The van der Waals surface area contributed by atoms with E-state index >= 15 is 0 Å². The van der Waals surface area contributed by atoms with Gasteiger partial charge in [-0.1, -0.05) is 30.3 Å². The summed E-state index contributed by atoms with van der Waals surface area (Å²) in [6.45, 7) is 1.63. The van der Waals surface area contributed by atoms with E-state index in [0.29, 0.717) is 17.1 Å². The van der Waals surface area contributed by atoms with Gasteiger partial charge in [-0.25, -0.2) is 4.79 Å². The van der Waals surface area contributed by atoms with E-state index in [-0.39, 0.29) is 12.5 Å². The molecule has 4 rings (SSSR count). The lowest BCUT2D eigenvalue weighted by atomic mass is 9.92. The van der Waals surface area contributed by atoms with Gasteiger partial charge >= 0.3 is 6.03 Å². The first-order valence-corrected chi connectivity index (χ1v) is 8.64. The van der Waals surface area contributed by atoms with Crippen LogP contribution >= 0.6 is 0 Å². The highest BCUT2D eigenvalue weighted by atomic mass is 16.5. The van der Waals surface area contributed by atoms with Crippen LogP contribution in [-0.2, 0) is 16.9 Å². The first-order chi connectivity index (χ1) is 13.5. The van der Waals surface area contributed by atoms with Crippen LogP contribution < -0.4 is 10.1 Å². The normalized spacial score (nSPS) is 19.0. The molecule has 1 fully saturated rings. The number of benzene rings is 2. The molecular formula is C19H18N6O3. The molecule has 0 spiro atoms. The monoisotopic (exact) mass is 378 g/mol. The number of hydrogen-bond acceptors (Lipinski definition) is 6. The highest BCUT2D eigenvalue weighted by Crippen LogP contribution is 2.30. The number of carbonyl (C=O) groups excluding carboxylic acids is 2. The van der Waals surface area contributed by atoms with E-state index in [1.807, 2.05) is 30.3 Å². The van der Waals surface area contributed by atoms with Crippen LogP contribution in [0.3, 0.4) is 0 Å². The van der Waals surface area contributed by atoms with Gasteiger partial charge in [0.1, 0.15) is 11.3 Å². The van der Waals surface area contributed by atoms with Crippen LogP contribution in [0.2, 0.25) is 0 Å². The predicted octanol–water partition coefficient (Wildman–Crippen LogP) is 1.64. The van der Waals surface area contributed by atoms with Crippen LogP contribution in [0.5, 0.6) is 5.75 Å². The molecular weight excluding hydrogens is 360 g/mol. The minimum atomic E-state index is -1.17. The smallest absolute Gasteiger partial charge is 0.325 e. The van der Waals surface area contributed by atoms with E-state index in [1.165, 1.54) is 4.68 Å². The Labute approximate surface area is 160 Å². The number of para-hydroxylation sites is 1. The van der Waals surface area contributed by atoms with E-state index < -0.39 is 11.6 Å². The third-order valence-electron chi connectivity index (χ3n) is 4.78. The molecule has 1 aromatic heterocycles. The number of nitrogens with one attached hydrogen (secondary N) is 1. The third kappa shape index (κ3) is 2.86. The number of nitrogens with zero attached hydrogens (tertiary/aromatic N) is 5. The first kappa shape index (κ1) is 17.7. The van der Waals surface area contributed by atoms with Gasteiger partial charge in [-0.15, -0.1) is 5.10 Å². The summed E-state index contributed by atoms with van der Waals surface area (Å²) in [6.07, 6.45) is 0. The van der Waals surface area contributed by atoms with E-state index in [2.05, 4.69) is 20.8 Å². The van der Waals surface area contributed by atoms with Gasteiger partial charge in [0.15, 0.2) is 5.82 Å². The van der Waals surface area contributed by atoms with Crippen molar-refractivity contribution in [2.24, 2.45) is 0 Å². The van der Waals surface area contributed by atoms with Crippen molar-refractivity contribution in [1.29, 1.82) is 0 Å². The Bertz CT molecular complexity index is 1020. The number of ether oxygens (including phenoxy) is 1.